The lowest BCUT2D eigenvalue weighted by atomic mass is 10.1. The van der Waals surface area contributed by atoms with Crippen molar-refractivity contribution >= 4 is 40.6 Å². The standard InChI is InChI=1S/C16H17ClN2OS/c1-10-3-4-12(7-11(10)2)19-16(20)9-21-13-5-6-15(18)14(17)8-13/h3-8H,9,18H2,1-2H3,(H,19,20). The quantitative estimate of drug-likeness (QED) is 0.653. The maximum absolute atomic E-state index is 11.9. The minimum atomic E-state index is -0.0452. The lowest BCUT2D eigenvalue weighted by Gasteiger charge is -2.08. The van der Waals surface area contributed by atoms with Gasteiger partial charge < -0.3 is 11.1 Å². The summed E-state index contributed by atoms with van der Waals surface area (Å²) in [4.78, 5) is 12.9. The van der Waals surface area contributed by atoms with Crippen LogP contribution in [0.1, 0.15) is 11.1 Å². The van der Waals surface area contributed by atoms with Gasteiger partial charge in [0.15, 0.2) is 0 Å². The maximum atomic E-state index is 11.9. The first-order chi connectivity index (χ1) is 9.95. The molecule has 0 unspecified atom stereocenters. The molecule has 110 valence electrons. The van der Waals surface area contributed by atoms with E-state index in [1.165, 1.54) is 17.3 Å². The van der Waals surface area contributed by atoms with E-state index >= 15 is 0 Å². The molecule has 2 aromatic rings. The van der Waals surface area contributed by atoms with Crippen LogP contribution in [0, 0.1) is 13.8 Å². The second-order valence-corrected chi connectivity index (χ2v) is 6.28. The van der Waals surface area contributed by atoms with E-state index in [-0.39, 0.29) is 5.91 Å². The highest BCUT2D eigenvalue weighted by Gasteiger charge is 2.06. The minimum absolute atomic E-state index is 0.0452. The predicted molar refractivity (Wildman–Crippen MR) is 91.1 cm³/mol. The van der Waals surface area contributed by atoms with E-state index in [1.54, 1.807) is 12.1 Å². The highest BCUT2D eigenvalue weighted by Crippen LogP contribution is 2.26. The normalized spacial score (nSPS) is 10.4. The average molecular weight is 321 g/mol. The molecule has 0 radical (unpaired) electrons. The summed E-state index contributed by atoms with van der Waals surface area (Å²) >= 11 is 7.38. The van der Waals surface area contributed by atoms with Gasteiger partial charge in [0.1, 0.15) is 0 Å². The summed E-state index contributed by atoms with van der Waals surface area (Å²) in [6.07, 6.45) is 0. The fourth-order valence-corrected chi connectivity index (χ4v) is 2.74. The first-order valence-electron chi connectivity index (χ1n) is 6.50. The van der Waals surface area contributed by atoms with Crippen LogP contribution in [-0.4, -0.2) is 11.7 Å². The van der Waals surface area contributed by atoms with Crippen molar-refractivity contribution in [1.29, 1.82) is 0 Å². The van der Waals surface area contributed by atoms with Gasteiger partial charge in [-0.1, -0.05) is 17.7 Å². The van der Waals surface area contributed by atoms with Gasteiger partial charge in [-0.3, -0.25) is 4.79 Å². The zero-order valence-corrected chi connectivity index (χ0v) is 13.5. The zero-order chi connectivity index (χ0) is 15.4. The van der Waals surface area contributed by atoms with Gasteiger partial charge in [-0.05, 0) is 55.3 Å². The smallest absolute Gasteiger partial charge is 0.234 e. The van der Waals surface area contributed by atoms with E-state index in [2.05, 4.69) is 5.32 Å². The lowest BCUT2D eigenvalue weighted by Crippen LogP contribution is -2.14. The van der Waals surface area contributed by atoms with Crippen LogP contribution in [0.4, 0.5) is 11.4 Å². The van der Waals surface area contributed by atoms with Gasteiger partial charge in [-0.2, -0.15) is 0 Å². The Hall–Kier alpha value is -1.65. The van der Waals surface area contributed by atoms with Crippen molar-refractivity contribution in [3.05, 3.63) is 52.5 Å². The molecule has 3 nitrogen and oxygen atoms in total. The molecule has 0 spiro atoms. The molecule has 0 aliphatic rings. The largest absolute Gasteiger partial charge is 0.398 e. The average Bonchev–Trinajstić information content (AvgIpc) is 2.44. The topological polar surface area (TPSA) is 55.1 Å². The number of hydrogen-bond acceptors (Lipinski definition) is 3. The number of hydrogen-bond donors (Lipinski definition) is 2. The van der Waals surface area contributed by atoms with Crippen molar-refractivity contribution in [1.82, 2.24) is 0 Å². The molecule has 5 heteroatoms. The number of thioether (sulfide) groups is 1. The molecule has 0 saturated heterocycles. The molecule has 0 aliphatic heterocycles. The van der Waals surface area contributed by atoms with Gasteiger partial charge in [0.2, 0.25) is 5.91 Å². The number of nitrogens with one attached hydrogen (secondary N) is 1. The van der Waals surface area contributed by atoms with Crippen LogP contribution in [0.25, 0.3) is 0 Å². The van der Waals surface area contributed by atoms with Crippen molar-refractivity contribution in [3.8, 4) is 0 Å². The van der Waals surface area contributed by atoms with E-state index in [9.17, 15) is 4.79 Å². The van der Waals surface area contributed by atoms with Crippen LogP contribution in [0.3, 0.4) is 0 Å². The van der Waals surface area contributed by atoms with Crippen molar-refractivity contribution in [2.45, 2.75) is 18.7 Å². The Morgan fingerprint density at radius 1 is 1.19 bits per heavy atom. The highest BCUT2D eigenvalue weighted by molar-refractivity contribution is 8.00. The molecule has 21 heavy (non-hydrogen) atoms. The lowest BCUT2D eigenvalue weighted by molar-refractivity contribution is -0.113. The van der Waals surface area contributed by atoms with E-state index in [1.807, 2.05) is 38.1 Å². The Morgan fingerprint density at radius 2 is 1.95 bits per heavy atom. The molecule has 0 heterocycles. The predicted octanol–water partition coefficient (Wildman–Crippen LogP) is 4.27. The monoisotopic (exact) mass is 320 g/mol. The molecule has 0 aromatic heterocycles. The fraction of sp³-hybridized carbons (Fsp3) is 0.188. The summed E-state index contributed by atoms with van der Waals surface area (Å²) < 4.78 is 0. The summed E-state index contributed by atoms with van der Waals surface area (Å²) in [6, 6.07) is 11.2. The van der Waals surface area contributed by atoms with Gasteiger partial charge in [0.05, 0.1) is 16.5 Å². The number of carbonyl (C=O) groups excluding carboxylic acids is 1. The molecule has 0 atom stereocenters. The summed E-state index contributed by atoms with van der Waals surface area (Å²) in [7, 11) is 0. The Balaban J connectivity index is 1.92. The molecular formula is C16H17ClN2OS. The fourth-order valence-electron chi connectivity index (χ4n) is 1.76. The van der Waals surface area contributed by atoms with Crippen LogP contribution in [0.15, 0.2) is 41.3 Å². The molecule has 0 fully saturated rings. The van der Waals surface area contributed by atoms with Crippen molar-refractivity contribution in [2.75, 3.05) is 16.8 Å². The second kappa shape index (κ2) is 6.87. The molecule has 0 saturated carbocycles. The first kappa shape index (κ1) is 15.7. The SMILES string of the molecule is Cc1ccc(NC(=O)CSc2ccc(N)c(Cl)c2)cc1C. The second-order valence-electron chi connectivity index (χ2n) is 4.82. The molecule has 3 N–H and O–H groups in total. The van der Waals surface area contributed by atoms with E-state index in [0.29, 0.717) is 16.5 Å². The van der Waals surface area contributed by atoms with Crippen LogP contribution >= 0.6 is 23.4 Å². The summed E-state index contributed by atoms with van der Waals surface area (Å²) in [6.45, 7) is 4.07. The minimum Gasteiger partial charge on any atom is -0.398 e. The van der Waals surface area contributed by atoms with E-state index in [0.717, 1.165) is 16.1 Å². The highest BCUT2D eigenvalue weighted by atomic mass is 35.5. The molecule has 0 aliphatic carbocycles. The number of benzene rings is 2. The van der Waals surface area contributed by atoms with Gasteiger partial charge in [-0.15, -0.1) is 11.8 Å². The summed E-state index contributed by atoms with van der Waals surface area (Å²) in [5.74, 6) is 0.281. The van der Waals surface area contributed by atoms with Gasteiger partial charge in [-0.25, -0.2) is 0 Å². The Labute approximate surface area is 133 Å². The third-order valence-corrected chi connectivity index (χ3v) is 4.45. The van der Waals surface area contributed by atoms with Crippen LogP contribution in [-0.2, 0) is 4.79 Å². The van der Waals surface area contributed by atoms with Crippen molar-refractivity contribution in [3.63, 3.8) is 0 Å². The third-order valence-electron chi connectivity index (χ3n) is 3.13. The molecule has 2 aromatic carbocycles. The van der Waals surface area contributed by atoms with Gasteiger partial charge >= 0.3 is 0 Å². The number of halogens is 1. The number of nitrogen functional groups attached to an aromatic ring is 1. The van der Waals surface area contributed by atoms with Crippen LogP contribution in [0.5, 0.6) is 0 Å². The van der Waals surface area contributed by atoms with Gasteiger partial charge in [0, 0.05) is 10.6 Å². The van der Waals surface area contributed by atoms with Crippen LogP contribution in [0.2, 0.25) is 5.02 Å². The Bertz CT molecular complexity index is 673. The number of aryl methyl sites for hydroxylation is 2. The van der Waals surface area contributed by atoms with Crippen molar-refractivity contribution < 1.29 is 4.79 Å². The van der Waals surface area contributed by atoms with Crippen LogP contribution < -0.4 is 11.1 Å². The van der Waals surface area contributed by atoms with Gasteiger partial charge in [0.25, 0.3) is 0 Å². The first-order valence-corrected chi connectivity index (χ1v) is 7.87. The van der Waals surface area contributed by atoms with E-state index < -0.39 is 0 Å². The molecule has 0 bridgehead atoms. The number of anilines is 2. The van der Waals surface area contributed by atoms with Crippen molar-refractivity contribution in [2.24, 2.45) is 0 Å². The molecular weight excluding hydrogens is 304 g/mol. The zero-order valence-electron chi connectivity index (χ0n) is 11.9. The number of carbonyl (C=O) groups is 1. The Kier molecular flexibility index (Phi) is 5.15. The molecule has 1 amide bonds. The number of rotatable bonds is 4. The van der Waals surface area contributed by atoms with E-state index in [4.69, 9.17) is 17.3 Å². The summed E-state index contributed by atoms with van der Waals surface area (Å²) in [5.41, 5.74) is 9.38. The maximum Gasteiger partial charge on any atom is 0.234 e. The summed E-state index contributed by atoms with van der Waals surface area (Å²) in [5, 5.41) is 3.40. The Morgan fingerprint density at radius 3 is 2.62 bits per heavy atom. The third kappa shape index (κ3) is 4.41. The number of nitrogens with two attached hydrogens (primary N) is 1. The molecule has 2 rings (SSSR count). The number of amides is 1.